The van der Waals surface area contributed by atoms with Crippen molar-refractivity contribution in [2.45, 2.75) is 19.4 Å². The average Bonchev–Trinajstić information content (AvgIpc) is 2.38. The van der Waals surface area contributed by atoms with Crippen molar-refractivity contribution in [1.29, 1.82) is 0 Å². The first-order valence-electron chi connectivity index (χ1n) is 5.99. The van der Waals surface area contributed by atoms with E-state index in [1.807, 2.05) is 12.1 Å². The summed E-state index contributed by atoms with van der Waals surface area (Å²) in [5.41, 5.74) is 1.89. The molecule has 2 rings (SSSR count). The van der Waals surface area contributed by atoms with E-state index in [1.165, 1.54) is 0 Å². The molecule has 0 aromatic heterocycles. The van der Waals surface area contributed by atoms with Crippen LogP contribution in [0.15, 0.2) is 18.2 Å². The minimum Gasteiger partial charge on any atom is -0.396 e. The Bertz CT molecular complexity index is 384. The van der Waals surface area contributed by atoms with E-state index in [9.17, 15) is 10.2 Å². The van der Waals surface area contributed by atoms with Crippen LogP contribution in [0.4, 0.5) is 5.69 Å². The van der Waals surface area contributed by atoms with Gasteiger partial charge in [-0.15, -0.1) is 0 Å². The Morgan fingerprint density at radius 2 is 2.18 bits per heavy atom. The molecule has 3 nitrogen and oxygen atoms in total. The van der Waals surface area contributed by atoms with E-state index in [0.717, 1.165) is 37.2 Å². The molecule has 1 atom stereocenters. The summed E-state index contributed by atoms with van der Waals surface area (Å²) in [6.07, 6.45) is 2.16. The summed E-state index contributed by atoms with van der Waals surface area (Å²) >= 11 is 5.92. The van der Waals surface area contributed by atoms with Gasteiger partial charge in [-0.05, 0) is 37.0 Å². The van der Waals surface area contributed by atoms with E-state index in [2.05, 4.69) is 4.90 Å². The van der Waals surface area contributed by atoms with E-state index >= 15 is 0 Å². The number of aliphatic hydroxyl groups is 2. The molecule has 0 saturated carbocycles. The summed E-state index contributed by atoms with van der Waals surface area (Å²) in [6, 6.07) is 5.60. The Hall–Kier alpha value is -0.770. The van der Waals surface area contributed by atoms with Gasteiger partial charge in [-0.25, -0.2) is 0 Å². The van der Waals surface area contributed by atoms with Gasteiger partial charge in [0.1, 0.15) is 0 Å². The van der Waals surface area contributed by atoms with Gasteiger partial charge >= 0.3 is 0 Å². The predicted octanol–water partition coefficient (Wildman–Crippen LogP) is 2.04. The Labute approximate surface area is 107 Å². The predicted molar refractivity (Wildman–Crippen MR) is 69.4 cm³/mol. The van der Waals surface area contributed by atoms with Crippen molar-refractivity contribution in [3.8, 4) is 0 Å². The third-order valence-electron chi connectivity index (χ3n) is 3.33. The lowest BCUT2D eigenvalue weighted by Gasteiger charge is -2.34. The minimum atomic E-state index is -0.00378. The first-order chi connectivity index (χ1) is 8.24. The average molecular weight is 256 g/mol. The lowest BCUT2D eigenvalue weighted by Crippen LogP contribution is -2.37. The van der Waals surface area contributed by atoms with Crippen LogP contribution < -0.4 is 4.90 Å². The summed E-state index contributed by atoms with van der Waals surface area (Å²) in [4.78, 5) is 2.23. The molecule has 94 valence electrons. The molecule has 1 aliphatic rings. The quantitative estimate of drug-likeness (QED) is 0.869. The third kappa shape index (κ3) is 2.92. The molecule has 1 fully saturated rings. The summed E-state index contributed by atoms with van der Waals surface area (Å²) in [6.45, 7) is 2.06. The number of rotatable bonds is 3. The van der Waals surface area contributed by atoms with E-state index in [-0.39, 0.29) is 13.2 Å². The van der Waals surface area contributed by atoms with Gasteiger partial charge in [0.2, 0.25) is 0 Å². The second-order valence-corrected chi connectivity index (χ2v) is 5.00. The Morgan fingerprint density at radius 1 is 1.35 bits per heavy atom. The largest absolute Gasteiger partial charge is 0.396 e. The Kier molecular flexibility index (Phi) is 4.26. The molecule has 0 amide bonds. The molecule has 1 heterocycles. The topological polar surface area (TPSA) is 43.7 Å². The number of piperidine rings is 1. The van der Waals surface area contributed by atoms with E-state index in [0.29, 0.717) is 10.9 Å². The van der Waals surface area contributed by atoms with Gasteiger partial charge in [-0.1, -0.05) is 11.6 Å². The van der Waals surface area contributed by atoms with Crippen molar-refractivity contribution < 1.29 is 10.2 Å². The van der Waals surface area contributed by atoms with Gasteiger partial charge in [0.25, 0.3) is 0 Å². The number of hydrogen-bond donors (Lipinski definition) is 2. The second kappa shape index (κ2) is 5.71. The van der Waals surface area contributed by atoms with Crippen molar-refractivity contribution in [2.24, 2.45) is 5.92 Å². The third-order valence-corrected chi connectivity index (χ3v) is 3.56. The van der Waals surface area contributed by atoms with E-state index < -0.39 is 0 Å². The Balaban J connectivity index is 2.20. The van der Waals surface area contributed by atoms with Gasteiger partial charge in [0.15, 0.2) is 0 Å². The van der Waals surface area contributed by atoms with Crippen molar-refractivity contribution in [3.05, 3.63) is 28.8 Å². The molecular weight excluding hydrogens is 238 g/mol. The fourth-order valence-electron chi connectivity index (χ4n) is 2.42. The molecule has 1 aliphatic heterocycles. The minimum absolute atomic E-state index is 0.00378. The zero-order valence-electron chi connectivity index (χ0n) is 9.77. The van der Waals surface area contributed by atoms with Gasteiger partial charge < -0.3 is 15.1 Å². The van der Waals surface area contributed by atoms with Gasteiger partial charge in [-0.3, -0.25) is 0 Å². The molecule has 1 aromatic carbocycles. The summed E-state index contributed by atoms with van der Waals surface area (Å²) < 4.78 is 0. The standard InChI is InChI=1S/C13H18ClNO2/c14-12-3-4-13(11(6-12)9-17)15-5-1-2-10(7-15)8-16/h3-4,6,10,16-17H,1-2,5,7-9H2. The molecule has 0 aliphatic carbocycles. The van der Waals surface area contributed by atoms with Crippen LogP contribution in [-0.2, 0) is 6.61 Å². The number of benzene rings is 1. The molecule has 0 spiro atoms. The van der Waals surface area contributed by atoms with Crippen LogP contribution in [-0.4, -0.2) is 29.9 Å². The molecule has 1 saturated heterocycles. The fraction of sp³-hybridized carbons (Fsp3) is 0.538. The lowest BCUT2D eigenvalue weighted by atomic mass is 9.98. The monoisotopic (exact) mass is 255 g/mol. The van der Waals surface area contributed by atoms with Crippen molar-refractivity contribution in [3.63, 3.8) is 0 Å². The van der Waals surface area contributed by atoms with Crippen LogP contribution in [0.2, 0.25) is 5.02 Å². The maximum absolute atomic E-state index is 9.36. The SMILES string of the molecule is OCc1cc(Cl)ccc1N1CCCC(CO)C1. The van der Waals surface area contributed by atoms with E-state index in [4.69, 9.17) is 11.6 Å². The highest BCUT2D eigenvalue weighted by Crippen LogP contribution is 2.28. The van der Waals surface area contributed by atoms with Crippen molar-refractivity contribution in [1.82, 2.24) is 0 Å². The van der Waals surface area contributed by atoms with Gasteiger partial charge in [-0.2, -0.15) is 0 Å². The maximum Gasteiger partial charge on any atom is 0.0702 e. The Morgan fingerprint density at radius 3 is 2.88 bits per heavy atom. The lowest BCUT2D eigenvalue weighted by molar-refractivity contribution is 0.208. The second-order valence-electron chi connectivity index (χ2n) is 4.57. The van der Waals surface area contributed by atoms with Crippen LogP contribution in [0, 0.1) is 5.92 Å². The first-order valence-corrected chi connectivity index (χ1v) is 6.37. The van der Waals surface area contributed by atoms with E-state index in [1.54, 1.807) is 6.07 Å². The molecule has 1 aromatic rings. The first kappa shape index (κ1) is 12.7. The van der Waals surface area contributed by atoms with Gasteiger partial charge in [0.05, 0.1) is 6.61 Å². The normalized spacial score (nSPS) is 20.6. The van der Waals surface area contributed by atoms with Crippen molar-refractivity contribution >= 4 is 17.3 Å². The highest BCUT2D eigenvalue weighted by atomic mass is 35.5. The summed E-state index contributed by atoms with van der Waals surface area (Å²) in [5, 5.41) is 19.2. The zero-order valence-corrected chi connectivity index (χ0v) is 10.5. The zero-order chi connectivity index (χ0) is 12.3. The number of nitrogens with zero attached hydrogens (tertiary/aromatic N) is 1. The molecule has 1 unspecified atom stereocenters. The van der Waals surface area contributed by atoms with Gasteiger partial charge in [0, 0.05) is 36.0 Å². The molecule has 17 heavy (non-hydrogen) atoms. The molecule has 4 heteroatoms. The molecule has 2 N–H and O–H groups in total. The number of aliphatic hydroxyl groups excluding tert-OH is 2. The number of halogens is 1. The number of anilines is 1. The fourth-order valence-corrected chi connectivity index (χ4v) is 2.62. The maximum atomic E-state index is 9.36. The number of hydrogen-bond acceptors (Lipinski definition) is 3. The van der Waals surface area contributed by atoms with Crippen LogP contribution in [0.5, 0.6) is 0 Å². The van der Waals surface area contributed by atoms with Crippen molar-refractivity contribution in [2.75, 3.05) is 24.6 Å². The van der Waals surface area contributed by atoms with Crippen LogP contribution >= 0.6 is 11.6 Å². The summed E-state index contributed by atoms with van der Waals surface area (Å²) in [5.74, 6) is 0.339. The highest BCUT2D eigenvalue weighted by Gasteiger charge is 2.21. The van der Waals surface area contributed by atoms with Crippen LogP contribution in [0.25, 0.3) is 0 Å². The highest BCUT2D eigenvalue weighted by molar-refractivity contribution is 6.30. The molecule has 0 bridgehead atoms. The van der Waals surface area contributed by atoms with Crippen LogP contribution in [0.3, 0.4) is 0 Å². The smallest absolute Gasteiger partial charge is 0.0702 e. The molecular formula is C13H18ClNO2. The summed E-state index contributed by atoms with van der Waals surface area (Å²) in [7, 11) is 0. The van der Waals surface area contributed by atoms with Crippen LogP contribution in [0.1, 0.15) is 18.4 Å². The molecule has 0 radical (unpaired) electrons.